The van der Waals surface area contributed by atoms with Gasteiger partial charge in [-0.2, -0.15) is 0 Å². The van der Waals surface area contributed by atoms with Crippen molar-refractivity contribution in [3.63, 3.8) is 0 Å². The van der Waals surface area contributed by atoms with Crippen molar-refractivity contribution >= 4 is 12.0 Å². The van der Waals surface area contributed by atoms with Crippen molar-refractivity contribution in [2.24, 2.45) is 0 Å². The van der Waals surface area contributed by atoms with Crippen LogP contribution in [0.2, 0.25) is 0 Å². The number of aliphatic hydroxyl groups is 2. The second-order valence-corrected chi connectivity index (χ2v) is 5.57. The average Bonchev–Trinajstić information content (AvgIpc) is 2.60. The second-order valence-electron chi connectivity index (χ2n) is 5.57. The molecular formula is C20H22O6. The molecule has 0 bridgehead atoms. The summed E-state index contributed by atoms with van der Waals surface area (Å²) in [4.78, 5) is 11.8. The SMILES string of the molecule is CC(O)Oc1ccc(/C=C/C(=O)OCc2ccccc2)cc1OC(C)O. The minimum absolute atomic E-state index is 0.196. The van der Waals surface area contributed by atoms with E-state index in [1.165, 1.54) is 19.9 Å². The molecule has 0 radical (unpaired) electrons. The van der Waals surface area contributed by atoms with E-state index in [2.05, 4.69) is 0 Å². The van der Waals surface area contributed by atoms with Gasteiger partial charge in [0.1, 0.15) is 6.61 Å². The van der Waals surface area contributed by atoms with Crippen LogP contribution in [0.1, 0.15) is 25.0 Å². The van der Waals surface area contributed by atoms with E-state index < -0.39 is 18.5 Å². The number of carbonyl (C=O) groups excluding carboxylic acids is 1. The number of carbonyl (C=O) groups is 1. The van der Waals surface area contributed by atoms with Crippen molar-refractivity contribution in [2.75, 3.05) is 0 Å². The van der Waals surface area contributed by atoms with Gasteiger partial charge in [-0.1, -0.05) is 36.4 Å². The molecule has 2 aromatic carbocycles. The molecule has 0 heterocycles. The van der Waals surface area contributed by atoms with E-state index in [0.29, 0.717) is 5.56 Å². The molecule has 0 saturated heterocycles. The third kappa shape index (κ3) is 6.58. The first kappa shape index (κ1) is 19.5. The number of ether oxygens (including phenoxy) is 3. The molecule has 2 N–H and O–H groups in total. The summed E-state index contributed by atoms with van der Waals surface area (Å²) in [6, 6.07) is 14.2. The summed E-state index contributed by atoms with van der Waals surface area (Å²) >= 11 is 0. The van der Waals surface area contributed by atoms with Gasteiger partial charge in [-0.15, -0.1) is 0 Å². The molecule has 6 heteroatoms. The normalized spacial score (nSPS) is 13.2. The predicted molar refractivity (Wildman–Crippen MR) is 96.3 cm³/mol. The lowest BCUT2D eigenvalue weighted by molar-refractivity contribution is -0.138. The van der Waals surface area contributed by atoms with Crippen molar-refractivity contribution in [3.8, 4) is 11.5 Å². The number of esters is 1. The van der Waals surface area contributed by atoms with Crippen molar-refractivity contribution in [1.82, 2.24) is 0 Å². The zero-order chi connectivity index (χ0) is 18.9. The molecule has 0 aliphatic carbocycles. The van der Waals surface area contributed by atoms with Crippen LogP contribution >= 0.6 is 0 Å². The molecule has 2 atom stereocenters. The van der Waals surface area contributed by atoms with Gasteiger partial charge in [-0.25, -0.2) is 4.79 Å². The maximum atomic E-state index is 11.8. The average molecular weight is 358 g/mol. The fraction of sp³-hybridized carbons (Fsp3) is 0.250. The summed E-state index contributed by atoms with van der Waals surface area (Å²) in [5.74, 6) is 0.0570. The van der Waals surface area contributed by atoms with Gasteiger partial charge in [0, 0.05) is 6.08 Å². The highest BCUT2D eigenvalue weighted by Gasteiger charge is 2.10. The Morgan fingerprint density at radius 3 is 2.31 bits per heavy atom. The highest BCUT2D eigenvalue weighted by Crippen LogP contribution is 2.30. The number of rotatable bonds is 8. The van der Waals surface area contributed by atoms with E-state index in [9.17, 15) is 15.0 Å². The predicted octanol–water partition coefficient (Wildman–Crippen LogP) is 2.88. The highest BCUT2D eigenvalue weighted by atomic mass is 16.6. The number of benzene rings is 2. The molecule has 0 aliphatic rings. The first-order valence-electron chi connectivity index (χ1n) is 8.16. The van der Waals surface area contributed by atoms with Crippen LogP contribution in [0, 0.1) is 0 Å². The summed E-state index contributed by atoms with van der Waals surface area (Å²) in [6.07, 6.45) is 0.788. The van der Waals surface area contributed by atoms with Gasteiger partial charge in [-0.05, 0) is 43.2 Å². The fourth-order valence-corrected chi connectivity index (χ4v) is 2.13. The maximum absolute atomic E-state index is 11.8. The number of hydrogen-bond donors (Lipinski definition) is 2. The van der Waals surface area contributed by atoms with Crippen LogP contribution in [0.4, 0.5) is 0 Å². The Labute approximate surface area is 152 Å². The van der Waals surface area contributed by atoms with Crippen LogP contribution in [0.15, 0.2) is 54.6 Å². The molecule has 0 spiro atoms. The van der Waals surface area contributed by atoms with Gasteiger partial charge in [0.05, 0.1) is 0 Å². The standard InChI is InChI=1S/C20H22O6/c1-14(21)25-18-10-8-16(12-19(18)26-15(2)22)9-11-20(23)24-13-17-6-4-3-5-7-17/h3-12,14-15,21-22H,13H2,1-2H3/b11-9+. The van der Waals surface area contributed by atoms with Crippen LogP contribution in [0.5, 0.6) is 11.5 Å². The highest BCUT2D eigenvalue weighted by molar-refractivity contribution is 5.87. The summed E-state index contributed by atoms with van der Waals surface area (Å²) in [5, 5.41) is 18.8. The van der Waals surface area contributed by atoms with Crippen LogP contribution in [-0.4, -0.2) is 28.8 Å². The quantitative estimate of drug-likeness (QED) is 0.429. The molecule has 0 aromatic heterocycles. The van der Waals surface area contributed by atoms with Crippen LogP contribution in [0.3, 0.4) is 0 Å². The van der Waals surface area contributed by atoms with E-state index in [4.69, 9.17) is 14.2 Å². The first-order valence-corrected chi connectivity index (χ1v) is 8.16. The molecule has 2 aromatic rings. The van der Waals surface area contributed by atoms with Gasteiger partial charge in [0.25, 0.3) is 0 Å². The van der Waals surface area contributed by atoms with E-state index in [1.54, 1.807) is 24.3 Å². The Morgan fingerprint density at radius 1 is 1.00 bits per heavy atom. The molecule has 138 valence electrons. The van der Waals surface area contributed by atoms with E-state index >= 15 is 0 Å². The van der Waals surface area contributed by atoms with E-state index in [0.717, 1.165) is 5.56 Å². The Kier molecular flexibility index (Phi) is 7.20. The monoisotopic (exact) mass is 358 g/mol. The molecule has 0 aliphatic heterocycles. The van der Waals surface area contributed by atoms with Crippen molar-refractivity contribution < 1.29 is 29.2 Å². The molecule has 6 nitrogen and oxygen atoms in total. The van der Waals surface area contributed by atoms with Crippen molar-refractivity contribution in [2.45, 2.75) is 33.0 Å². The zero-order valence-corrected chi connectivity index (χ0v) is 14.7. The lowest BCUT2D eigenvalue weighted by atomic mass is 10.2. The third-order valence-electron chi connectivity index (χ3n) is 3.20. The molecule has 26 heavy (non-hydrogen) atoms. The summed E-state index contributed by atoms with van der Waals surface area (Å²) in [7, 11) is 0. The molecule has 0 amide bonds. The van der Waals surface area contributed by atoms with E-state index in [1.807, 2.05) is 30.3 Å². The van der Waals surface area contributed by atoms with Crippen LogP contribution in [-0.2, 0) is 16.1 Å². The molecule has 2 unspecified atom stereocenters. The molecule has 2 rings (SSSR count). The molecule has 0 fully saturated rings. The van der Waals surface area contributed by atoms with Crippen molar-refractivity contribution in [1.29, 1.82) is 0 Å². The van der Waals surface area contributed by atoms with Gasteiger partial charge in [0.2, 0.25) is 0 Å². The van der Waals surface area contributed by atoms with Crippen LogP contribution < -0.4 is 9.47 Å². The van der Waals surface area contributed by atoms with Crippen LogP contribution in [0.25, 0.3) is 6.08 Å². The lowest BCUT2D eigenvalue weighted by Crippen LogP contribution is -2.14. The topological polar surface area (TPSA) is 85.2 Å². The van der Waals surface area contributed by atoms with Gasteiger partial charge in [0.15, 0.2) is 24.1 Å². The van der Waals surface area contributed by atoms with Gasteiger partial charge >= 0.3 is 5.97 Å². The fourth-order valence-electron chi connectivity index (χ4n) is 2.13. The smallest absolute Gasteiger partial charge is 0.331 e. The summed E-state index contributed by atoms with van der Waals surface area (Å²) < 4.78 is 15.7. The van der Waals surface area contributed by atoms with Crippen molar-refractivity contribution in [3.05, 3.63) is 65.7 Å². The summed E-state index contributed by atoms with van der Waals surface area (Å²) in [5.41, 5.74) is 1.55. The Balaban J connectivity index is 2.02. The molecule has 0 saturated carbocycles. The molecular weight excluding hydrogens is 336 g/mol. The zero-order valence-electron chi connectivity index (χ0n) is 14.7. The Bertz CT molecular complexity index is 737. The minimum Gasteiger partial charge on any atom is -0.462 e. The van der Waals surface area contributed by atoms with Gasteiger partial charge in [-0.3, -0.25) is 0 Å². The Hall–Kier alpha value is -2.83. The number of aliphatic hydroxyl groups excluding tert-OH is 2. The maximum Gasteiger partial charge on any atom is 0.331 e. The summed E-state index contributed by atoms with van der Waals surface area (Å²) in [6.45, 7) is 3.11. The second kappa shape index (κ2) is 9.60. The third-order valence-corrected chi connectivity index (χ3v) is 3.20. The Morgan fingerprint density at radius 2 is 1.65 bits per heavy atom. The largest absolute Gasteiger partial charge is 0.462 e. The minimum atomic E-state index is -1.05. The lowest BCUT2D eigenvalue weighted by Gasteiger charge is -2.16. The number of hydrogen-bond acceptors (Lipinski definition) is 6. The van der Waals surface area contributed by atoms with Gasteiger partial charge < -0.3 is 24.4 Å². The first-order chi connectivity index (χ1) is 12.4. The van der Waals surface area contributed by atoms with E-state index in [-0.39, 0.29) is 18.1 Å².